The van der Waals surface area contributed by atoms with E-state index in [-0.39, 0.29) is 11.5 Å². The Kier molecular flexibility index (Phi) is 6.94. The highest BCUT2D eigenvalue weighted by atomic mass is 16.2. The van der Waals surface area contributed by atoms with Gasteiger partial charge in [-0.25, -0.2) is 0 Å². The number of pyridine rings is 2. The van der Waals surface area contributed by atoms with Gasteiger partial charge in [-0.2, -0.15) is 0 Å². The maximum atomic E-state index is 12.8. The summed E-state index contributed by atoms with van der Waals surface area (Å²) >= 11 is 0. The number of amides is 1. The number of hydrogen-bond acceptors (Lipinski definition) is 6. The van der Waals surface area contributed by atoms with Gasteiger partial charge in [0.1, 0.15) is 5.82 Å². The molecule has 0 saturated carbocycles. The summed E-state index contributed by atoms with van der Waals surface area (Å²) in [5.74, 6) is 0.996. The molecule has 0 spiro atoms. The number of nitrogens with one attached hydrogen (secondary N) is 2. The summed E-state index contributed by atoms with van der Waals surface area (Å²) in [5.41, 5.74) is 7.72. The van der Waals surface area contributed by atoms with E-state index >= 15 is 0 Å². The lowest BCUT2D eigenvalue weighted by Crippen LogP contribution is -2.29. The van der Waals surface area contributed by atoms with Gasteiger partial charge in [-0.3, -0.25) is 24.0 Å². The van der Waals surface area contributed by atoms with Crippen molar-refractivity contribution in [3.8, 4) is 0 Å². The van der Waals surface area contributed by atoms with E-state index in [1.807, 2.05) is 32.3 Å². The van der Waals surface area contributed by atoms with Gasteiger partial charge in [0.2, 0.25) is 0 Å². The summed E-state index contributed by atoms with van der Waals surface area (Å²) in [5, 5.41) is 6.50. The lowest BCUT2D eigenvalue weighted by atomic mass is 9.99. The maximum Gasteiger partial charge on any atom is 0.257 e. The van der Waals surface area contributed by atoms with E-state index in [2.05, 4.69) is 50.4 Å². The van der Waals surface area contributed by atoms with E-state index < -0.39 is 0 Å². The van der Waals surface area contributed by atoms with Crippen LogP contribution in [-0.2, 0) is 13.6 Å². The number of nitrogens with zero attached hydrogens (tertiary/aromatic N) is 5. The topological polar surface area (TPSA) is 87.4 Å². The van der Waals surface area contributed by atoms with Crippen LogP contribution < -0.4 is 16.2 Å². The fraction of sp³-hybridized carbons (Fsp3) is 0.345. The summed E-state index contributed by atoms with van der Waals surface area (Å²) in [6.45, 7) is 5.24. The molecule has 9 heteroatoms. The number of aryl methyl sites for hydroxylation is 1. The second-order valence-corrected chi connectivity index (χ2v) is 10.1. The predicted octanol–water partition coefficient (Wildman–Crippen LogP) is 3.24. The Morgan fingerprint density at radius 3 is 2.68 bits per heavy atom. The molecule has 38 heavy (non-hydrogen) atoms. The molecule has 3 aromatic heterocycles. The fourth-order valence-corrected chi connectivity index (χ4v) is 5.22. The van der Waals surface area contributed by atoms with E-state index in [1.165, 1.54) is 11.3 Å². The largest absolute Gasteiger partial charge is 0.388 e. The van der Waals surface area contributed by atoms with Crippen molar-refractivity contribution in [1.82, 2.24) is 23.9 Å². The van der Waals surface area contributed by atoms with Crippen LogP contribution in [0.4, 0.5) is 11.5 Å². The van der Waals surface area contributed by atoms with Crippen LogP contribution in [0, 0.1) is 6.92 Å². The summed E-state index contributed by atoms with van der Waals surface area (Å²) in [6.07, 6.45) is 8.73. The molecule has 1 amide bonds. The van der Waals surface area contributed by atoms with Gasteiger partial charge in [0, 0.05) is 89.8 Å². The Bertz CT molecular complexity index is 1510. The number of fused-ring (bicyclic) bond motifs is 1. The van der Waals surface area contributed by atoms with E-state index in [0.717, 1.165) is 60.1 Å². The highest BCUT2D eigenvalue weighted by Gasteiger charge is 2.23. The Labute approximate surface area is 223 Å². The van der Waals surface area contributed by atoms with Crippen molar-refractivity contribution >= 4 is 28.7 Å². The monoisotopic (exact) mass is 513 g/mol. The number of aromatic nitrogens is 3. The zero-order chi connectivity index (χ0) is 27.0. The first-order valence-corrected chi connectivity index (χ1v) is 12.9. The highest BCUT2D eigenvalue weighted by Crippen LogP contribution is 2.32. The molecule has 2 aliphatic rings. The van der Waals surface area contributed by atoms with E-state index in [9.17, 15) is 9.59 Å². The van der Waals surface area contributed by atoms with Crippen LogP contribution in [-0.4, -0.2) is 70.6 Å². The molecule has 198 valence electrons. The third-order valence-corrected chi connectivity index (χ3v) is 7.36. The Morgan fingerprint density at radius 2 is 2.03 bits per heavy atom. The number of carbonyl (C=O) groups excluding carboxylic acids is 1. The van der Waals surface area contributed by atoms with Gasteiger partial charge in [0.25, 0.3) is 11.5 Å². The van der Waals surface area contributed by atoms with Crippen molar-refractivity contribution in [2.45, 2.75) is 19.9 Å². The van der Waals surface area contributed by atoms with Crippen LogP contribution in [0.15, 0.2) is 53.6 Å². The summed E-state index contributed by atoms with van der Waals surface area (Å²) in [7, 11) is 7.39. The van der Waals surface area contributed by atoms with Crippen LogP contribution in [0.5, 0.6) is 0 Å². The molecule has 0 radical (unpaired) electrons. The zero-order valence-electron chi connectivity index (χ0n) is 22.7. The predicted molar refractivity (Wildman–Crippen MR) is 152 cm³/mol. The molecule has 3 aromatic rings. The fourth-order valence-electron chi connectivity index (χ4n) is 5.22. The standard InChI is InChI=1S/C29H35N7O2/c1-19-14-21(29(38)33(3)4)17-32-27(19)20-7-11-35(12-8-20)18-23-16-24-25(6-10-31-28(24)34(23)5)36-13-9-22(30-2)15-26(36)37/h6-7,9,13-17,30-31H,8,10-12,18H2,1-5H3. The molecule has 2 N–H and O–H groups in total. The first-order chi connectivity index (χ1) is 18.3. The first kappa shape index (κ1) is 25.5. The minimum atomic E-state index is -0.0573. The molecule has 5 rings (SSSR count). The van der Waals surface area contributed by atoms with Crippen molar-refractivity contribution in [2.24, 2.45) is 7.05 Å². The minimum absolute atomic E-state index is 0.0337. The van der Waals surface area contributed by atoms with Gasteiger partial charge < -0.3 is 20.1 Å². The number of rotatable bonds is 6. The van der Waals surface area contributed by atoms with Crippen LogP contribution in [0.1, 0.15) is 39.3 Å². The normalized spacial score (nSPS) is 15.3. The van der Waals surface area contributed by atoms with E-state index in [1.54, 1.807) is 35.8 Å². The van der Waals surface area contributed by atoms with Gasteiger partial charge in [0.05, 0.1) is 17.0 Å². The van der Waals surface area contributed by atoms with Gasteiger partial charge in [-0.15, -0.1) is 0 Å². The Hall–Kier alpha value is -4.11. The van der Waals surface area contributed by atoms with Crippen molar-refractivity contribution < 1.29 is 4.79 Å². The van der Waals surface area contributed by atoms with Gasteiger partial charge in [0.15, 0.2) is 0 Å². The Balaban J connectivity index is 1.33. The summed E-state index contributed by atoms with van der Waals surface area (Å²) in [6, 6.07) is 7.66. The van der Waals surface area contributed by atoms with Gasteiger partial charge >= 0.3 is 0 Å². The maximum absolute atomic E-state index is 12.8. The molecule has 9 nitrogen and oxygen atoms in total. The quantitative estimate of drug-likeness (QED) is 0.526. The molecule has 0 saturated heterocycles. The molecule has 2 aliphatic heterocycles. The minimum Gasteiger partial charge on any atom is -0.388 e. The molecule has 5 heterocycles. The molecule has 0 atom stereocenters. The zero-order valence-corrected chi connectivity index (χ0v) is 22.7. The van der Waals surface area contributed by atoms with Crippen molar-refractivity contribution in [3.63, 3.8) is 0 Å². The average Bonchev–Trinajstić information content (AvgIpc) is 3.23. The smallest absolute Gasteiger partial charge is 0.257 e. The van der Waals surface area contributed by atoms with Crippen LogP contribution >= 0.6 is 0 Å². The van der Waals surface area contributed by atoms with Crippen molar-refractivity contribution in [2.75, 3.05) is 51.4 Å². The highest BCUT2D eigenvalue weighted by molar-refractivity contribution is 5.94. The van der Waals surface area contributed by atoms with Gasteiger partial charge in [-0.05, 0) is 48.8 Å². The Morgan fingerprint density at radius 1 is 1.21 bits per heavy atom. The second kappa shape index (κ2) is 10.3. The number of carbonyl (C=O) groups is 1. The summed E-state index contributed by atoms with van der Waals surface area (Å²) in [4.78, 5) is 33.7. The number of anilines is 2. The molecule has 0 bridgehead atoms. The molecule has 0 fully saturated rings. The van der Waals surface area contributed by atoms with E-state index in [4.69, 9.17) is 0 Å². The van der Waals surface area contributed by atoms with Gasteiger partial charge in [-0.1, -0.05) is 6.08 Å². The molecule has 0 aromatic carbocycles. The van der Waals surface area contributed by atoms with Crippen molar-refractivity contribution in [1.29, 1.82) is 0 Å². The second-order valence-electron chi connectivity index (χ2n) is 10.1. The molecular formula is C29H35N7O2. The van der Waals surface area contributed by atoms with Crippen molar-refractivity contribution in [3.05, 3.63) is 87.2 Å². The van der Waals surface area contributed by atoms with E-state index in [0.29, 0.717) is 12.1 Å². The van der Waals surface area contributed by atoms with Crippen LogP contribution in [0.3, 0.4) is 0 Å². The third kappa shape index (κ3) is 4.77. The SMILES string of the molecule is CNc1ccn(C2=CCNc3c2cc(CN2CC=C(c4ncc(C(=O)N(C)C)cc4C)CC2)n3C)c(=O)c1. The lowest BCUT2D eigenvalue weighted by Gasteiger charge is -2.27. The third-order valence-electron chi connectivity index (χ3n) is 7.36. The van der Waals surface area contributed by atoms with Crippen LogP contribution in [0.25, 0.3) is 11.3 Å². The summed E-state index contributed by atoms with van der Waals surface area (Å²) < 4.78 is 3.91. The van der Waals surface area contributed by atoms with Crippen LogP contribution in [0.2, 0.25) is 0 Å². The average molecular weight is 514 g/mol. The molecule has 0 aliphatic carbocycles. The lowest BCUT2D eigenvalue weighted by molar-refractivity contribution is 0.0827. The molecular weight excluding hydrogens is 478 g/mol. The number of hydrogen-bond donors (Lipinski definition) is 2. The first-order valence-electron chi connectivity index (χ1n) is 12.9. The molecule has 0 unspecified atom stereocenters.